The van der Waals surface area contributed by atoms with Crippen molar-refractivity contribution in [3.8, 4) is 0 Å². The SMILES string of the molecule is CC(C)(C)c1cc([C@H]2CC(=O)NCc3nc4sccn4c32)[nH]n1. The van der Waals surface area contributed by atoms with E-state index in [4.69, 9.17) is 0 Å². The van der Waals surface area contributed by atoms with Gasteiger partial charge in [-0.25, -0.2) is 4.98 Å². The van der Waals surface area contributed by atoms with Crippen LogP contribution in [0, 0.1) is 0 Å². The summed E-state index contributed by atoms with van der Waals surface area (Å²) in [7, 11) is 0. The minimum Gasteiger partial charge on any atom is -0.350 e. The minimum atomic E-state index is -0.0549. The number of rotatable bonds is 1. The van der Waals surface area contributed by atoms with Gasteiger partial charge in [0.2, 0.25) is 5.91 Å². The third-order valence-electron chi connectivity index (χ3n) is 4.29. The van der Waals surface area contributed by atoms with E-state index in [1.807, 2.05) is 11.6 Å². The number of amides is 1. The molecule has 3 aromatic heterocycles. The first-order valence-corrected chi connectivity index (χ1v) is 8.58. The molecule has 23 heavy (non-hydrogen) atoms. The summed E-state index contributed by atoms with van der Waals surface area (Å²) in [6.07, 6.45) is 2.43. The number of aromatic amines is 1. The van der Waals surface area contributed by atoms with E-state index in [0.717, 1.165) is 27.7 Å². The van der Waals surface area contributed by atoms with Crippen molar-refractivity contribution < 1.29 is 4.79 Å². The van der Waals surface area contributed by atoms with E-state index in [-0.39, 0.29) is 17.2 Å². The number of fused-ring (bicyclic) bond motifs is 3. The van der Waals surface area contributed by atoms with Crippen molar-refractivity contribution in [2.24, 2.45) is 0 Å². The molecule has 4 rings (SSSR count). The van der Waals surface area contributed by atoms with Gasteiger partial charge in [-0.05, 0) is 6.07 Å². The van der Waals surface area contributed by atoms with Gasteiger partial charge in [0.05, 0.1) is 29.5 Å². The fraction of sp³-hybridized carbons (Fsp3) is 0.438. The van der Waals surface area contributed by atoms with Crippen molar-refractivity contribution in [2.45, 2.75) is 45.1 Å². The van der Waals surface area contributed by atoms with Gasteiger partial charge in [0.15, 0.2) is 4.96 Å². The number of H-pyrrole nitrogens is 1. The van der Waals surface area contributed by atoms with Gasteiger partial charge in [0.25, 0.3) is 0 Å². The van der Waals surface area contributed by atoms with Crippen LogP contribution >= 0.6 is 11.3 Å². The van der Waals surface area contributed by atoms with Crippen LogP contribution in [0.4, 0.5) is 0 Å². The highest BCUT2D eigenvalue weighted by atomic mass is 32.1. The Bertz CT molecular complexity index is 882. The summed E-state index contributed by atoms with van der Waals surface area (Å²) in [4.78, 5) is 17.8. The smallest absolute Gasteiger partial charge is 0.221 e. The van der Waals surface area contributed by atoms with Crippen LogP contribution in [0.5, 0.6) is 0 Å². The zero-order valence-electron chi connectivity index (χ0n) is 13.4. The largest absolute Gasteiger partial charge is 0.350 e. The summed E-state index contributed by atoms with van der Waals surface area (Å²) >= 11 is 1.61. The molecule has 0 saturated carbocycles. The second-order valence-electron chi connectivity index (χ2n) is 6.99. The number of nitrogens with one attached hydrogen (secondary N) is 2. The third kappa shape index (κ3) is 2.35. The fourth-order valence-electron chi connectivity index (χ4n) is 3.04. The molecule has 2 N–H and O–H groups in total. The molecule has 0 aliphatic carbocycles. The molecule has 7 heteroatoms. The van der Waals surface area contributed by atoms with Crippen LogP contribution in [-0.4, -0.2) is 25.5 Å². The van der Waals surface area contributed by atoms with Crippen molar-refractivity contribution in [2.75, 3.05) is 0 Å². The highest BCUT2D eigenvalue weighted by molar-refractivity contribution is 7.15. The average molecular weight is 329 g/mol. The van der Waals surface area contributed by atoms with E-state index in [1.54, 1.807) is 11.3 Å². The number of hydrogen-bond acceptors (Lipinski definition) is 4. The van der Waals surface area contributed by atoms with Crippen LogP contribution in [0.15, 0.2) is 17.6 Å². The molecule has 0 bridgehead atoms. The quantitative estimate of drug-likeness (QED) is 0.720. The second kappa shape index (κ2) is 4.92. The Labute approximate surface area is 137 Å². The fourth-order valence-corrected chi connectivity index (χ4v) is 3.78. The van der Waals surface area contributed by atoms with Crippen LogP contribution < -0.4 is 5.32 Å². The number of carbonyl (C=O) groups is 1. The first kappa shape index (κ1) is 14.4. The lowest BCUT2D eigenvalue weighted by molar-refractivity contribution is -0.121. The minimum absolute atomic E-state index is 0.0281. The van der Waals surface area contributed by atoms with Gasteiger partial charge in [-0.2, -0.15) is 5.10 Å². The summed E-state index contributed by atoms with van der Waals surface area (Å²) in [5.41, 5.74) is 3.98. The predicted molar refractivity (Wildman–Crippen MR) is 88.7 cm³/mol. The van der Waals surface area contributed by atoms with E-state index >= 15 is 0 Å². The third-order valence-corrected chi connectivity index (χ3v) is 5.05. The maximum atomic E-state index is 12.1. The molecule has 1 amide bonds. The van der Waals surface area contributed by atoms with E-state index in [1.165, 1.54) is 0 Å². The Morgan fingerprint density at radius 3 is 2.96 bits per heavy atom. The molecule has 1 aliphatic rings. The van der Waals surface area contributed by atoms with E-state index in [0.29, 0.717) is 13.0 Å². The Kier molecular flexibility index (Phi) is 3.09. The predicted octanol–water partition coefficient (Wildman–Crippen LogP) is 2.57. The molecule has 0 aromatic carbocycles. The Morgan fingerprint density at radius 2 is 2.22 bits per heavy atom. The van der Waals surface area contributed by atoms with Crippen LogP contribution in [0.1, 0.15) is 55.9 Å². The van der Waals surface area contributed by atoms with Crippen molar-refractivity contribution in [1.82, 2.24) is 24.9 Å². The molecule has 0 saturated heterocycles. The maximum absolute atomic E-state index is 12.1. The molecule has 0 fully saturated rings. The van der Waals surface area contributed by atoms with Crippen molar-refractivity contribution in [3.05, 3.63) is 40.4 Å². The molecule has 0 radical (unpaired) electrons. The lowest BCUT2D eigenvalue weighted by Gasteiger charge is -2.14. The summed E-state index contributed by atoms with van der Waals surface area (Å²) in [6.45, 7) is 6.88. The lowest BCUT2D eigenvalue weighted by atomic mass is 9.90. The molecule has 1 aliphatic heterocycles. The Balaban J connectivity index is 1.86. The summed E-state index contributed by atoms with van der Waals surface area (Å²) < 4.78 is 2.10. The topological polar surface area (TPSA) is 75.1 Å². The van der Waals surface area contributed by atoms with Gasteiger partial charge in [0, 0.05) is 29.1 Å². The van der Waals surface area contributed by atoms with Gasteiger partial charge in [-0.3, -0.25) is 14.3 Å². The van der Waals surface area contributed by atoms with Gasteiger partial charge >= 0.3 is 0 Å². The van der Waals surface area contributed by atoms with Gasteiger partial charge in [0.1, 0.15) is 0 Å². The van der Waals surface area contributed by atoms with Gasteiger partial charge in [-0.15, -0.1) is 11.3 Å². The highest BCUT2D eigenvalue weighted by Gasteiger charge is 2.31. The van der Waals surface area contributed by atoms with Crippen molar-refractivity contribution >= 4 is 22.2 Å². The Hall–Kier alpha value is -2.15. The summed E-state index contributed by atoms with van der Waals surface area (Å²) in [6, 6.07) is 2.08. The van der Waals surface area contributed by atoms with Crippen LogP contribution in [0.2, 0.25) is 0 Å². The van der Waals surface area contributed by atoms with E-state index < -0.39 is 0 Å². The molecule has 0 unspecified atom stereocenters. The molecule has 6 nitrogen and oxygen atoms in total. The Morgan fingerprint density at radius 1 is 1.39 bits per heavy atom. The number of hydrogen-bond donors (Lipinski definition) is 2. The molecule has 4 heterocycles. The normalized spacial score (nSPS) is 18.7. The maximum Gasteiger partial charge on any atom is 0.221 e. The van der Waals surface area contributed by atoms with Crippen LogP contribution in [0.3, 0.4) is 0 Å². The number of thiazole rings is 1. The zero-order chi connectivity index (χ0) is 16.2. The second-order valence-corrected chi connectivity index (χ2v) is 7.86. The molecular weight excluding hydrogens is 310 g/mol. The monoisotopic (exact) mass is 329 g/mol. The molecular formula is C16H19N5OS. The molecule has 3 aromatic rings. The number of carbonyl (C=O) groups excluding carboxylic acids is 1. The summed E-state index contributed by atoms with van der Waals surface area (Å²) in [5, 5.41) is 12.6. The molecule has 0 spiro atoms. The lowest BCUT2D eigenvalue weighted by Crippen LogP contribution is -2.21. The van der Waals surface area contributed by atoms with E-state index in [9.17, 15) is 4.79 Å². The van der Waals surface area contributed by atoms with Gasteiger partial charge < -0.3 is 5.32 Å². The first-order valence-electron chi connectivity index (χ1n) is 7.70. The van der Waals surface area contributed by atoms with Crippen molar-refractivity contribution in [3.63, 3.8) is 0 Å². The van der Waals surface area contributed by atoms with E-state index in [2.05, 4.69) is 51.7 Å². The zero-order valence-corrected chi connectivity index (χ0v) is 14.2. The number of aromatic nitrogens is 4. The standard InChI is InChI=1S/C16H19N5OS/c1-16(2,3)12-7-10(19-20-12)9-6-13(22)17-8-11-14(9)21-4-5-23-15(21)18-11/h4-5,7,9H,6,8H2,1-3H3,(H,17,22)(H,19,20)/t9-/m1/s1. The molecule has 120 valence electrons. The number of nitrogens with zero attached hydrogens (tertiary/aromatic N) is 3. The summed E-state index contributed by atoms with van der Waals surface area (Å²) in [5.74, 6) is -0.00964. The van der Waals surface area contributed by atoms with Crippen LogP contribution in [0.25, 0.3) is 4.96 Å². The number of imidazole rings is 1. The van der Waals surface area contributed by atoms with Crippen LogP contribution in [-0.2, 0) is 16.8 Å². The van der Waals surface area contributed by atoms with Crippen molar-refractivity contribution in [1.29, 1.82) is 0 Å². The average Bonchev–Trinajstić information content (AvgIpc) is 3.15. The molecule has 1 atom stereocenters. The highest BCUT2D eigenvalue weighted by Crippen LogP contribution is 2.34. The van der Waals surface area contributed by atoms with Gasteiger partial charge in [-0.1, -0.05) is 20.8 Å². The first-order chi connectivity index (χ1) is 10.9.